The van der Waals surface area contributed by atoms with E-state index >= 15 is 0 Å². The Bertz CT molecular complexity index is 1450. The second-order valence-electron chi connectivity index (χ2n) is 22.2. The number of unbranched alkanes of at least 4 members (excludes halogenated alkanes) is 32. The Balaban J connectivity index is 5.14. The number of hydrogen-bond acceptors (Lipinski definition) is 7. The highest BCUT2D eigenvalue weighted by atomic mass is 31.2. The largest absolute Gasteiger partial charge is 0.756 e. The maximum atomic E-state index is 13.5. The maximum absolute atomic E-state index is 13.5. The zero-order chi connectivity index (χ0) is 54.3. The number of carbonyl (C=O) groups excluding carboxylic acids is 2. The van der Waals surface area contributed by atoms with Gasteiger partial charge in [-0.3, -0.25) is 14.2 Å². The van der Waals surface area contributed by atoms with Crippen LogP contribution in [0.25, 0.3) is 0 Å². The molecule has 3 atom stereocenters. The average molecular weight is 1060 g/mol. The summed E-state index contributed by atoms with van der Waals surface area (Å²) in [6.45, 7) is 6.71. The van der Waals surface area contributed by atoms with Gasteiger partial charge in [0.15, 0.2) is 0 Å². The zero-order valence-electron chi connectivity index (χ0n) is 49.3. The Morgan fingerprint density at radius 3 is 1.31 bits per heavy atom. The number of rotatable bonds is 56. The summed E-state index contributed by atoms with van der Waals surface area (Å²) < 4.78 is 30.3. The normalized spacial score (nSPS) is 14.1. The number of hydrogen-bond donors (Lipinski definition) is 1. The number of amides is 1. The van der Waals surface area contributed by atoms with E-state index in [1.165, 1.54) is 161 Å². The lowest BCUT2D eigenvalue weighted by molar-refractivity contribution is -0.870. The quantitative estimate of drug-likeness (QED) is 0.0212. The van der Waals surface area contributed by atoms with E-state index in [-0.39, 0.29) is 24.9 Å². The molecule has 0 aromatic carbocycles. The van der Waals surface area contributed by atoms with Crippen LogP contribution in [0.4, 0.5) is 0 Å². The molecule has 0 bridgehead atoms. The molecule has 1 N–H and O–H groups in total. The molecule has 0 heterocycles. The van der Waals surface area contributed by atoms with Gasteiger partial charge in [-0.05, 0) is 89.5 Å². The van der Waals surface area contributed by atoms with Crippen molar-refractivity contribution in [2.24, 2.45) is 0 Å². The molecule has 9 nitrogen and oxygen atoms in total. The Hall–Kier alpha value is -2.29. The van der Waals surface area contributed by atoms with E-state index in [0.717, 1.165) is 83.5 Å². The molecule has 432 valence electrons. The minimum atomic E-state index is -4.70. The molecule has 0 radical (unpaired) electrons. The lowest BCUT2D eigenvalue weighted by atomic mass is 10.0. The number of allylic oxidation sites excluding steroid dienone is 9. The molecule has 0 spiro atoms. The minimum absolute atomic E-state index is 0.0276. The minimum Gasteiger partial charge on any atom is -0.756 e. The number of phosphoric ester groups is 1. The molecule has 0 aromatic rings. The highest BCUT2D eigenvalue weighted by Gasteiger charge is 2.27. The van der Waals surface area contributed by atoms with E-state index in [1.54, 1.807) is 0 Å². The molecule has 0 saturated carbocycles. The number of carbonyl (C=O) groups is 2. The van der Waals surface area contributed by atoms with E-state index in [1.807, 2.05) is 33.3 Å². The summed E-state index contributed by atoms with van der Waals surface area (Å²) >= 11 is 0. The monoisotopic (exact) mass is 1060 g/mol. The molecule has 0 aliphatic heterocycles. The number of quaternary nitrogens is 1. The number of likely N-dealkylation sites (N-methyl/N-ethyl adjacent to an activating group) is 1. The fourth-order valence-electron chi connectivity index (χ4n) is 8.88. The van der Waals surface area contributed by atoms with Gasteiger partial charge in [-0.2, -0.15) is 0 Å². The molecule has 0 aromatic heterocycles. The van der Waals surface area contributed by atoms with Gasteiger partial charge >= 0.3 is 5.97 Å². The summed E-state index contributed by atoms with van der Waals surface area (Å²) in [4.78, 5) is 39.9. The Morgan fingerprint density at radius 1 is 0.486 bits per heavy atom. The fraction of sp³-hybridized carbons (Fsp3) is 0.812. The van der Waals surface area contributed by atoms with Crippen molar-refractivity contribution in [2.75, 3.05) is 40.9 Å². The highest BCUT2D eigenvalue weighted by Crippen LogP contribution is 2.38. The lowest BCUT2D eigenvalue weighted by Gasteiger charge is -2.30. The van der Waals surface area contributed by atoms with Gasteiger partial charge in [-0.1, -0.05) is 242 Å². The molecular formula is C64H119N2O7P. The summed E-state index contributed by atoms with van der Waals surface area (Å²) in [5.74, 6) is -0.563. The standard InChI is InChI=1S/C64H119N2O7P/c1-7-10-13-16-19-22-25-27-29-30-31-32-33-34-35-36-37-39-42-45-48-51-54-57-64(68)73-62(55-52-49-46-43-40-24-21-18-15-12-9-3)61(60-72-74(69,70)71-59-58-66(4,5)6)65-63(67)56-53-50-47-44-41-38-28-26-23-20-17-14-11-8-2/h11,14,20,23,27-29,38,52,55,61-62H,7-10,12-13,15-19,21-22,24-26,30-37,39-51,53-54,56-60H2,1-6H3,(H-,65,67,69,70)/b14-11+,23-20+,29-27+,38-28+,55-52-. The van der Waals surface area contributed by atoms with Crippen LogP contribution in [0.3, 0.4) is 0 Å². The first kappa shape index (κ1) is 71.7. The van der Waals surface area contributed by atoms with E-state index in [0.29, 0.717) is 23.9 Å². The summed E-state index contributed by atoms with van der Waals surface area (Å²) in [7, 11) is 1.17. The third-order valence-corrected chi connectivity index (χ3v) is 14.6. The van der Waals surface area contributed by atoms with Crippen LogP contribution in [0, 0.1) is 0 Å². The first-order valence-electron chi connectivity index (χ1n) is 31.1. The molecule has 3 unspecified atom stereocenters. The van der Waals surface area contributed by atoms with Crippen LogP contribution in [-0.4, -0.2) is 69.4 Å². The Kier molecular flexibility index (Phi) is 52.4. The molecule has 0 rings (SSSR count). The van der Waals surface area contributed by atoms with Gasteiger partial charge in [0.25, 0.3) is 7.82 Å². The van der Waals surface area contributed by atoms with Crippen molar-refractivity contribution in [3.63, 3.8) is 0 Å². The highest BCUT2D eigenvalue weighted by molar-refractivity contribution is 7.45. The number of phosphoric acid groups is 1. The van der Waals surface area contributed by atoms with E-state index in [2.05, 4.69) is 74.7 Å². The van der Waals surface area contributed by atoms with Crippen LogP contribution in [-0.2, 0) is 27.9 Å². The second-order valence-corrected chi connectivity index (χ2v) is 23.6. The lowest BCUT2D eigenvalue weighted by Crippen LogP contribution is -2.47. The van der Waals surface area contributed by atoms with Gasteiger partial charge in [-0.25, -0.2) is 0 Å². The smallest absolute Gasteiger partial charge is 0.306 e. The average Bonchev–Trinajstić information content (AvgIpc) is 3.36. The van der Waals surface area contributed by atoms with Gasteiger partial charge in [0.2, 0.25) is 5.91 Å². The van der Waals surface area contributed by atoms with Crippen LogP contribution in [0.5, 0.6) is 0 Å². The van der Waals surface area contributed by atoms with Crippen LogP contribution in [0.15, 0.2) is 60.8 Å². The van der Waals surface area contributed by atoms with E-state index < -0.39 is 26.6 Å². The molecule has 0 saturated heterocycles. The Labute approximate surface area is 458 Å². The van der Waals surface area contributed by atoms with Gasteiger partial charge in [0.05, 0.1) is 33.8 Å². The van der Waals surface area contributed by atoms with Gasteiger partial charge in [0, 0.05) is 12.8 Å². The summed E-state index contributed by atoms with van der Waals surface area (Å²) in [5, 5.41) is 3.01. The van der Waals surface area contributed by atoms with Crippen molar-refractivity contribution < 1.29 is 37.3 Å². The molecule has 1 amide bonds. The van der Waals surface area contributed by atoms with Crippen LogP contribution < -0.4 is 10.2 Å². The third kappa shape index (κ3) is 54.5. The van der Waals surface area contributed by atoms with E-state index in [9.17, 15) is 19.0 Å². The van der Waals surface area contributed by atoms with Crippen LogP contribution in [0.2, 0.25) is 0 Å². The topological polar surface area (TPSA) is 114 Å². The number of ether oxygens (including phenoxy) is 1. The number of nitrogens with one attached hydrogen (secondary N) is 1. The molecular weight excluding hydrogens is 940 g/mol. The van der Waals surface area contributed by atoms with Crippen LogP contribution in [0.1, 0.15) is 284 Å². The summed E-state index contributed by atoms with van der Waals surface area (Å²) in [6.07, 6.45) is 67.7. The molecule has 74 heavy (non-hydrogen) atoms. The van der Waals surface area contributed by atoms with Gasteiger partial charge < -0.3 is 28.5 Å². The maximum Gasteiger partial charge on any atom is 0.306 e. The number of esters is 1. The molecule has 10 heteroatoms. The Morgan fingerprint density at radius 2 is 0.865 bits per heavy atom. The van der Waals surface area contributed by atoms with Crippen LogP contribution >= 0.6 is 7.82 Å². The van der Waals surface area contributed by atoms with Crippen molar-refractivity contribution in [1.29, 1.82) is 0 Å². The van der Waals surface area contributed by atoms with Crippen molar-refractivity contribution in [3.05, 3.63) is 60.8 Å². The zero-order valence-corrected chi connectivity index (χ0v) is 50.2. The van der Waals surface area contributed by atoms with Gasteiger partial charge in [-0.15, -0.1) is 0 Å². The van der Waals surface area contributed by atoms with Crippen molar-refractivity contribution >= 4 is 19.7 Å². The molecule has 0 aliphatic rings. The SMILES string of the molecule is CC/C=C/C/C=C/C/C=C/CCCCCCC(=O)NC(COP(=O)([O-])OCC[N+](C)(C)C)C(/C=C\CCCCCCCCCCC)OC(=O)CCCCCCCCCCCCCCC/C=C/CCCCCCCC. The first-order valence-corrected chi connectivity index (χ1v) is 32.6. The predicted molar refractivity (Wildman–Crippen MR) is 316 cm³/mol. The summed E-state index contributed by atoms with van der Waals surface area (Å²) in [5.41, 5.74) is 0. The van der Waals surface area contributed by atoms with E-state index in [4.69, 9.17) is 13.8 Å². The third-order valence-electron chi connectivity index (χ3n) is 13.7. The first-order chi connectivity index (χ1) is 35.9. The summed E-state index contributed by atoms with van der Waals surface area (Å²) in [6, 6.07) is -0.899. The van der Waals surface area contributed by atoms with Crippen molar-refractivity contribution in [3.8, 4) is 0 Å². The fourth-order valence-corrected chi connectivity index (χ4v) is 9.61. The number of nitrogens with zero attached hydrogens (tertiary/aromatic N) is 1. The van der Waals surface area contributed by atoms with Crippen molar-refractivity contribution in [1.82, 2.24) is 5.32 Å². The van der Waals surface area contributed by atoms with Gasteiger partial charge in [0.1, 0.15) is 19.3 Å². The predicted octanol–water partition coefficient (Wildman–Crippen LogP) is 18.4. The van der Waals surface area contributed by atoms with Crippen molar-refractivity contribution in [2.45, 2.75) is 296 Å². The molecule has 0 aliphatic carbocycles. The molecule has 0 fully saturated rings. The second kappa shape index (κ2) is 54.1.